The van der Waals surface area contributed by atoms with Gasteiger partial charge in [-0.2, -0.15) is 0 Å². The third-order valence-corrected chi connectivity index (χ3v) is 2.44. The molecule has 0 saturated carbocycles. The van der Waals surface area contributed by atoms with Crippen molar-refractivity contribution in [1.82, 2.24) is 0 Å². The molecule has 0 heterocycles. The molecule has 1 amide bonds. The Morgan fingerprint density at radius 3 is 2.56 bits per heavy atom. The van der Waals surface area contributed by atoms with Crippen molar-refractivity contribution in [3.8, 4) is 0 Å². The van der Waals surface area contributed by atoms with Crippen molar-refractivity contribution in [2.45, 2.75) is 20.3 Å². The minimum atomic E-state index is -0.946. The predicted molar refractivity (Wildman–Crippen MR) is 67.8 cm³/mol. The molecule has 5 nitrogen and oxygen atoms in total. The lowest BCUT2D eigenvalue weighted by molar-refractivity contribution is -0.136. The zero-order valence-corrected chi connectivity index (χ0v) is 10.5. The molecule has 0 bridgehead atoms. The van der Waals surface area contributed by atoms with E-state index in [0.29, 0.717) is 5.69 Å². The molecule has 0 spiro atoms. The maximum atomic E-state index is 11.8. The molecule has 0 aromatic heterocycles. The summed E-state index contributed by atoms with van der Waals surface area (Å²) < 4.78 is 4.94. The smallest absolute Gasteiger partial charge is 0.414 e. The second kappa shape index (κ2) is 6.64. The van der Waals surface area contributed by atoms with E-state index >= 15 is 0 Å². The number of rotatable bonds is 5. The van der Waals surface area contributed by atoms with Crippen LogP contribution in [0.4, 0.5) is 10.5 Å². The number of hydrogen-bond donors (Lipinski definition) is 1. The van der Waals surface area contributed by atoms with Crippen LogP contribution >= 0.6 is 0 Å². The number of amides is 1. The summed E-state index contributed by atoms with van der Waals surface area (Å²) >= 11 is 0. The van der Waals surface area contributed by atoms with Crippen LogP contribution in [-0.4, -0.2) is 30.3 Å². The number of carboxylic acid groups (broad SMARTS) is 1. The van der Waals surface area contributed by atoms with Crippen LogP contribution in [0.2, 0.25) is 0 Å². The topological polar surface area (TPSA) is 66.8 Å². The molecule has 0 fully saturated rings. The molecule has 0 saturated heterocycles. The number of benzene rings is 1. The van der Waals surface area contributed by atoms with Crippen LogP contribution in [0.3, 0.4) is 0 Å². The average Bonchev–Trinajstić information content (AvgIpc) is 2.31. The van der Waals surface area contributed by atoms with E-state index < -0.39 is 12.1 Å². The first-order valence-corrected chi connectivity index (χ1v) is 5.78. The van der Waals surface area contributed by atoms with Crippen LogP contribution in [-0.2, 0) is 9.53 Å². The molecule has 1 aromatic carbocycles. The van der Waals surface area contributed by atoms with E-state index in [-0.39, 0.29) is 19.6 Å². The van der Waals surface area contributed by atoms with E-state index in [9.17, 15) is 9.59 Å². The second-order valence-corrected chi connectivity index (χ2v) is 3.78. The molecule has 1 rings (SSSR count). The van der Waals surface area contributed by atoms with Crippen molar-refractivity contribution in [3.05, 3.63) is 29.8 Å². The number of ether oxygens (including phenoxy) is 1. The quantitative estimate of drug-likeness (QED) is 0.872. The van der Waals surface area contributed by atoms with Gasteiger partial charge in [0.25, 0.3) is 0 Å². The summed E-state index contributed by atoms with van der Waals surface area (Å²) in [6.45, 7) is 3.93. The van der Waals surface area contributed by atoms with Crippen LogP contribution < -0.4 is 4.90 Å². The van der Waals surface area contributed by atoms with Gasteiger partial charge >= 0.3 is 12.1 Å². The zero-order valence-electron chi connectivity index (χ0n) is 10.5. The normalized spacial score (nSPS) is 9.89. The highest BCUT2D eigenvalue weighted by Gasteiger charge is 2.19. The van der Waals surface area contributed by atoms with E-state index in [4.69, 9.17) is 9.84 Å². The number of carbonyl (C=O) groups is 2. The minimum absolute atomic E-state index is 0.0962. The van der Waals surface area contributed by atoms with Gasteiger partial charge in [-0.1, -0.05) is 18.2 Å². The fraction of sp³-hybridized carbons (Fsp3) is 0.385. The molecule has 0 atom stereocenters. The molecule has 1 aromatic rings. The van der Waals surface area contributed by atoms with Gasteiger partial charge in [-0.3, -0.25) is 9.69 Å². The summed E-state index contributed by atoms with van der Waals surface area (Å²) in [5, 5.41) is 8.71. The Bertz CT molecular complexity index is 431. The Hall–Kier alpha value is -2.04. The fourth-order valence-electron chi connectivity index (χ4n) is 1.59. The zero-order chi connectivity index (χ0) is 13.5. The molecular weight excluding hydrogens is 234 g/mol. The summed E-state index contributed by atoms with van der Waals surface area (Å²) in [5.41, 5.74) is 1.58. The first-order chi connectivity index (χ1) is 8.56. The van der Waals surface area contributed by atoms with Gasteiger partial charge in [0.05, 0.1) is 13.0 Å². The number of anilines is 1. The van der Waals surface area contributed by atoms with Crippen molar-refractivity contribution in [1.29, 1.82) is 0 Å². The monoisotopic (exact) mass is 251 g/mol. The number of aliphatic carboxylic acids is 1. The third kappa shape index (κ3) is 3.76. The number of aryl methyl sites for hydroxylation is 1. The molecule has 0 aliphatic carbocycles. The van der Waals surface area contributed by atoms with Gasteiger partial charge in [-0.05, 0) is 25.5 Å². The van der Waals surface area contributed by atoms with Crippen molar-refractivity contribution in [2.24, 2.45) is 0 Å². The highest BCUT2D eigenvalue weighted by molar-refractivity contribution is 5.89. The number of carboxylic acids is 1. The Balaban J connectivity index is 2.93. The van der Waals surface area contributed by atoms with E-state index in [0.717, 1.165) is 5.56 Å². The molecule has 5 heteroatoms. The van der Waals surface area contributed by atoms with Crippen LogP contribution in [0.15, 0.2) is 24.3 Å². The summed E-state index contributed by atoms with van der Waals surface area (Å²) in [5.74, 6) is -0.946. The molecule has 1 N–H and O–H groups in total. The van der Waals surface area contributed by atoms with Gasteiger partial charge in [0, 0.05) is 12.2 Å². The summed E-state index contributed by atoms with van der Waals surface area (Å²) in [4.78, 5) is 23.8. The minimum Gasteiger partial charge on any atom is -0.481 e. The van der Waals surface area contributed by atoms with E-state index in [1.807, 2.05) is 19.1 Å². The maximum Gasteiger partial charge on any atom is 0.414 e. The summed E-state index contributed by atoms with van der Waals surface area (Å²) in [6.07, 6.45) is -0.638. The predicted octanol–water partition coefficient (Wildman–Crippen LogP) is 2.43. The van der Waals surface area contributed by atoms with E-state index in [2.05, 4.69) is 0 Å². The SMILES string of the molecule is CCOC(=O)N(CCC(=O)O)c1ccccc1C. The highest BCUT2D eigenvalue weighted by atomic mass is 16.6. The molecule has 98 valence electrons. The van der Waals surface area contributed by atoms with Gasteiger partial charge in [0.15, 0.2) is 0 Å². The van der Waals surface area contributed by atoms with Crippen molar-refractivity contribution < 1.29 is 19.4 Å². The number of para-hydroxylation sites is 1. The Labute approximate surface area is 106 Å². The lowest BCUT2D eigenvalue weighted by Crippen LogP contribution is -2.34. The lowest BCUT2D eigenvalue weighted by Gasteiger charge is -2.22. The van der Waals surface area contributed by atoms with Crippen LogP contribution in [0.1, 0.15) is 18.9 Å². The van der Waals surface area contributed by atoms with Crippen LogP contribution in [0.25, 0.3) is 0 Å². The Kier molecular flexibility index (Phi) is 5.17. The van der Waals surface area contributed by atoms with Gasteiger partial charge in [-0.15, -0.1) is 0 Å². The fourth-order valence-corrected chi connectivity index (χ4v) is 1.59. The largest absolute Gasteiger partial charge is 0.481 e. The Morgan fingerprint density at radius 2 is 2.00 bits per heavy atom. The average molecular weight is 251 g/mol. The highest BCUT2D eigenvalue weighted by Crippen LogP contribution is 2.20. The number of hydrogen-bond acceptors (Lipinski definition) is 3. The van der Waals surface area contributed by atoms with Crippen molar-refractivity contribution in [3.63, 3.8) is 0 Å². The van der Waals surface area contributed by atoms with Gasteiger partial charge in [0.1, 0.15) is 0 Å². The first-order valence-electron chi connectivity index (χ1n) is 5.78. The first kappa shape index (κ1) is 14.0. The van der Waals surface area contributed by atoms with Gasteiger partial charge < -0.3 is 9.84 Å². The number of carbonyl (C=O) groups excluding carboxylic acids is 1. The maximum absolute atomic E-state index is 11.8. The standard InChI is InChI=1S/C13H17NO4/c1-3-18-13(17)14(9-8-12(15)16)11-7-5-4-6-10(11)2/h4-7H,3,8-9H2,1-2H3,(H,15,16). The molecule has 0 unspecified atom stereocenters. The molecule has 0 aliphatic heterocycles. The molecule has 0 radical (unpaired) electrons. The molecule has 18 heavy (non-hydrogen) atoms. The molecule has 0 aliphatic rings. The number of nitrogens with zero attached hydrogens (tertiary/aromatic N) is 1. The van der Waals surface area contributed by atoms with Gasteiger partial charge in [0.2, 0.25) is 0 Å². The van der Waals surface area contributed by atoms with Crippen molar-refractivity contribution in [2.75, 3.05) is 18.1 Å². The van der Waals surface area contributed by atoms with Crippen LogP contribution in [0, 0.1) is 6.92 Å². The summed E-state index contributed by atoms with van der Waals surface area (Å²) in [6, 6.07) is 7.30. The lowest BCUT2D eigenvalue weighted by atomic mass is 10.2. The third-order valence-electron chi connectivity index (χ3n) is 2.44. The van der Waals surface area contributed by atoms with E-state index in [1.54, 1.807) is 19.1 Å². The van der Waals surface area contributed by atoms with Crippen molar-refractivity contribution >= 4 is 17.7 Å². The van der Waals surface area contributed by atoms with Crippen LogP contribution in [0.5, 0.6) is 0 Å². The molecular formula is C13H17NO4. The summed E-state index contributed by atoms with van der Waals surface area (Å²) in [7, 11) is 0. The van der Waals surface area contributed by atoms with Gasteiger partial charge in [-0.25, -0.2) is 4.79 Å². The Morgan fingerprint density at radius 1 is 1.33 bits per heavy atom. The second-order valence-electron chi connectivity index (χ2n) is 3.78. The van der Waals surface area contributed by atoms with E-state index in [1.165, 1.54) is 4.90 Å².